The number of benzene rings is 4. The molecule has 0 unspecified atom stereocenters. The number of aliphatic hydroxyl groups is 1. The highest BCUT2D eigenvalue weighted by atomic mass is 35.5. The van der Waals surface area contributed by atoms with E-state index in [1.807, 2.05) is 24.3 Å². The van der Waals surface area contributed by atoms with Crippen LogP contribution in [0.25, 0.3) is 22.1 Å². The summed E-state index contributed by atoms with van der Waals surface area (Å²) in [6, 6.07) is 29.2. The van der Waals surface area contributed by atoms with Crippen LogP contribution >= 0.6 is 11.6 Å². The highest BCUT2D eigenvalue weighted by molar-refractivity contribution is 6.30. The van der Waals surface area contributed by atoms with Crippen molar-refractivity contribution in [1.29, 1.82) is 0 Å². The van der Waals surface area contributed by atoms with Crippen LogP contribution in [0.4, 0.5) is 0 Å². The van der Waals surface area contributed by atoms with Crippen LogP contribution in [-0.2, 0) is 10.4 Å². The Kier molecular flexibility index (Phi) is 6.87. The van der Waals surface area contributed by atoms with E-state index in [1.54, 1.807) is 31.2 Å². The quantitative estimate of drug-likeness (QED) is 0.238. The van der Waals surface area contributed by atoms with Gasteiger partial charge in [0.2, 0.25) is 5.91 Å². The molecule has 4 nitrogen and oxygen atoms in total. The Labute approximate surface area is 227 Å². The van der Waals surface area contributed by atoms with Crippen molar-refractivity contribution < 1.29 is 14.3 Å². The van der Waals surface area contributed by atoms with Crippen molar-refractivity contribution >= 4 is 28.5 Å². The van der Waals surface area contributed by atoms with E-state index in [0.29, 0.717) is 21.9 Å². The SMILES string of the molecule is CC(=O)N[C@@H](c1ccc(-c2ccc(C)cc2C)cc1)c1ccc2oc([C@@](C)(O)c3ccc(Cl)cc3)cc2c1. The topological polar surface area (TPSA) is 62.5 Å². The first-order valence-electron chi connectivity index (χ1n) is 12.6. The second-order valence-electron chi connectivity index (χ2n) is 10.1. The van der Waals surface area contributed by atoms with E-state index in [1.165, 1.54) is 23.6 Å². The number of rotatable bonds is 6. The fourth-order valence-corrected chi connectivity index (χ4v) is 5.08. The molecular weight excluding hydrogens is 494 g/mol. The predicted octanol–water partition coefficient (Wildman–Crippen LogP) is 7.85. The maximum atomic E-state index is 12.2. The lowest BCUT2D eigenvalue weighted by atomic mass is 9.92. The molecule has 5 aromatic rings. The van der Waals surface area contributed by atoms with Gasteiger partial charge in [-0.05, 0) is 84.5 Å². The molecule has 0 aliphatic heterocycles. The van der Waals surface area contributed by atoms with Gasteiger partial charge in [0.1, 0.15) is 16.9 Å². The van der Waals surface area contributed by atoms with E-state index in [4.69, 9.17) is 16.0 Å². The molecule has 5 heteroatoms. The monoisotopic (exact) mass is 523 g/mol. The van der Waals surface area contributed by atoms with E-state index < -0.39 is 5.60 Å². The minimum atomic E-state index is -1.33. The molecule has 0 saturated heterocycles. The van der Waals surface area contributed by atoms with Gasteiger partial charge in [-0.25, -0.2) is 0 Å². The van der Waals surface area contributed by atoms with Gasteiger partial charge in [-0.2, -0.15) is 0 Å². The lowest BCUT2D eigenvalue weighted by molar-refractivity contribution is -0.119. The number of hydrogen-bond acceptors (Lipinski definition) is 3. The smallest absolute Gasteiger partial charge is 0.217 e. The summed E-state index contributed by atoms with van der Waals surface area (Å²) in [4.78, 5) is 12.2. The summed E-state index contributed by atoms with van der Waals surface area (Å²) in [6.07, 6.45) is 0. The predicted molar refractivity (Wildman–Crippen MR) is 153 cm³/mol. The van der Waals surface area contributed by atoms with Crippen molar-refractivity contribution in [2.45, 2.75) is 39.3 Å². The number of carbonyl (C=O) groups excluding carboxylic acids is 1. The third-order valence-corrected chi connectivity index (χ3v) is 7.30. The molecule has 2 atom stereocenters. The molecule has 0 saturated carbocycles. The van der Waals surface area contributed by atoms with Crippen molar-refractivity contribution in [2.24, 2.45) is 0 Å². The highest BCUT2D eigenvalue weighted by Gasteiger charge is 2.30. The lowest BCUT2D eigenvalue weighted by Gasteiger charge is -2.21. The van der Waals surface area contributed by atoms with Crippen LogP contribution in [0, 0.1) is 13.8 Å². The maximum Gasteiger partial charge on any atom is 0.217 e. The zero-order valence-electron chi connectivity index (χ0n) is 21.9. The summed E-state index contributed by atoms with van der Waals surface area (Å²) in [7, 11) is 0. The molecule has 4 aromatic carbocycles. The molecule has 1 aromatic heterocycles. The van der Waals surface area contributed by atoms with Gasteiger partial charge in [-0.3, -0.25) is 4.79 Å². The second kappa shape index (κ2) is 10.1. The number of furan rings is 1. The minimum absolute atomic E-state index is 0.118. The van der Waals surface area contributed by atoms with Gasteiger partial charge < -0.3 is 14.8 Å². The molecule has 2 N–H and O–H groups in total. The largest absolute Gasteiger partial charge is 0.458 e. The molecule has 0 radical (unpaired) electrons. The van der Waals surface area contributed by atoms with Crippen LogP contribution in [0.3, 0.4) is 0 Å². The first-order valence-corrected chi connectivity index (χ1v) is 13.0. The number of fused-ring (bicyclic) bond motifs is 1. The molecule has 0 aliphatic rings. The van der Waals surface area contributed by atoms with Crippen LogP contribution in [0.5, 0.6) is 0 Å². The third-order valence-electron chi connectivity index (χ3n) is 7.04. The zero-order valence-corrected chi connectivity index (χ0v) is 22.6. The van der Waals surface area contributed by atoms with Crippen LogP contribution in [0.15, 0.2) is 95.4 Å². The summed E-state index contributed by atoms with van der Waals surface area (Å²) < 4.78 is 6.05. The Morgan fingerprint density at radius 1 is 0.895 bits per heavy atom. The fraction of sp³-hybridized carbons (Fsp3) is 0.182. The Balaban J connectivity index is 1.49. The van der Waals surface area contributed by atoms with E-state index in [9.17, 15) is 9.90 Å². The number of nitrogens with one attached hydrogen (secondary N) is 1. The lowest BCUT2D eigenvalue weighted by Crippen LogP contribution is -2.26. The summed E-state index contributed by atoms with van der Waals surface area (Å²) in [5.74, 6) is 0.313. The van der Waals surface area contributed by atoms with Crippen molar-refractivity contribution in [3.05, 3.63) is 130 Å². The van der Waals surface area contributed by atoms with Crippen molar-refractivity contribution in [1.82, 2.24) is 5.32 Å². The normalized spacial score (nSPS) is 13.7. The maximum absolute atomic E-state index is 12.2. The van der Waals surface area contributed by atoms with Crippen LogP contribution < -0.4 is 5.32 Å². The zero-order chi connectivity index (χ0) is 27.0. The van der Waals surface area contributed by atoms with E-state index in [-0.39, 0.29) is 11.9 Å². The molecule has 5 rings (SSSR count). The van der Waals surface area contributed by atoms with Gasteiger partial charge in [0, 0.05) is 17.3 Å². The van der Waals surface area contributed by atoms with Gasteiger partial charge in [0.25, 0.3) is 0 Å². The van der Waals surface area contributed by atoms with E-state index in [2.05, 4.69) is 61.6 Å². The molecular formula is C33H30ClNO3. The van der Waals surface area contributed by atoms with Gasteiger partial charge >= 0.3 is 0 Å². The van der Waals surface area contributed by atoms with Crippen LogP contribution in [-0.4, -0.2) is 11.0 Å². The Hall–Kier alpha value is -3.86. The Bertz CT molecular complexity index is 1620. The second-order valence-corrected chi connectivity index (χ2v) is 10.5. The molecule has 0 fully saturated rings. The average Bonchev–Trinajstić information content (AvgIpc) is 3.32. The first-order chi connectivity index (χ1) is 18.1. The highest BCUT2D eigenvalue weighted by Crippen LogP contribution is 2.36. The molecule has 38 heavy (non-hydrogen) atoms. The average molecular weight is 524 g/mol. The molecule has 1 heterocycles. The van der Waals surface area contributed by atoms with Crippen molar-refractivity contribution in [3.8, 4) is 11.1 Å². The van der Waals surface area contributed by atoms with Gasteiger partial charge in [-0.15, -0.1) is 0 Å². The molecule has 192 valence electrons. The van der Waals surface area contributed by atoms with Crippen LogP contribution in [0.2, 0.25) is 5.02 Å². The van der Waals surface area contributed by atoms with Crippen LogP contribution in [0.1, 0.15) is 53.5 Å². The summed E-state index contributed by atoms with van der Waals surface area (Å²) in [6.45, 7) is 7.44. The minimum Gasteiger partial charge on any atom is -0.458 e. The number of halogens is 1. The van der Waals surface area contributed by atoms with Gasteiger partial charge in [0.05, 0.1) is 6.04 Å². The van der Waals surface area contributed by atoms with Gasteiger partial charge in [-0.1, -0.05) is 77.8 Å². The van der Waals surface area contributed by atoms with E-state index in [0.717, 1.165) is 22.1 Å². The number of amides is 1. The number of aryl methyl sites for hydroxylation is 2. The summed E-state index contributed by atoms with van der Waals surface area (Å²) >= 11 is 6.02. The molecule has 0 bridgehead atoms. The number of carbonyl (C=O) groups is 1. The third kappa shape index (κ3) is 5.10. The first kappa shape index (κ1) is 25.8. The molecule has 0 spiro atoms. The molecule has 0 aliphatic carbocycles. The Morgan fingerprint density at radius 2 is 1.58 bits per heavy atom. The number of hydrogen-bond donors (Lipinski definition) is 2. The van der Waals surface area contributed by atoms with Gasteiger partial charge in [0.15, 0.2) is 0 Å². The fourth-order valence-electron chi connectivity index (χ4n) is 4.95. The molecule has 1 amide bonds. The summed E-state index contributed by atoms with van der Waals surface area (Å²) in [5, 5.41) is 15.8. The van der Waals surface area contributed by atoms with Crippen molar-refractivity contribution in [2.75, 3.05) is 0 Å². The standard InChI is InChI=1S/C33H30ClNO3/c1-20-5-15-29(21(2)17-20)23-6-8-24(9-7-23)32(35-22(3)36)25-10-16-30-26(18-25)19-31(38-30)33(4,37)27-11-13-28(34)14-12-27/h5-19,32,37H,1-4H3,(H,35,36)/t32-,33-/m0/s1. The summed E-state index contributed by atoms with van der Waals surface area (Å²) in [5.41, 5.74) is 6.70. The van der Waals surface area contributed by atoms with Crippen molar-refractivity contribution in [3.63, 3.8) is 0 Å². The Morgan fingerprint density at radius 3 is 2.24 bits per heavy atom. The van der Waals surface area contributed by atoms with E-state index >= 15 is 0 Å².